The second kappa shape index (κ2) is 1.94. The second-order valence-corrected chi connectivity index (χ2v) is 3.69. The van der Waals surface area contributed by atoms with Crippen molar-refractivity contribution in [3.05, 3.63) is 0 Å². The van der Waals surface area contributed by atoms with Crippen molar-refractivity contribution in [2.24, 2.45) is 11.8 Å². The van der Waals surface area contributed by atoms with Gasteiger partial charge in [0, 0.05) is 12.1 Å². The molecule has 1 saturated carbocycles. The van der Waals surface area contributed by atoms with Gasteiger partial charge < -0.3 is 0 Å². The highest BCUT2D eigenvalue weighted by atomic mass is 19.1. The number of halogens is 1. The Kier molecular flexibility index (Phi) is 1.28. The van der Waals surface area contributed by atoms with E-state index in [9.17, 15) is 4.39 Å². The molecule has 1 aliphatic carbocycles. The summed E-state index contributed by atoms with van der Waals surface area (Å²) in [7, 11) is 2.04. The summed E-state index contributed by atoms with van der Waals surface area (Å²) in [6, 6.07) is 0.880. The molecule has 2 fully saturated rings. The minimum absolute atomic E-state index is 0.151. The number of fused-ring (bicyclic) bond motifs is 1. The van der Waals surface area contributed by atoms with Crippen LogP contribution in [0.1, 0.15) is 13.3 Å². The van der Waals surface area contributed by atoms with Gasteiger partial charge in [-0.15, -0.1) is 0 Å². The van der Waals surface area contributed by atoms with Gasteiger partial charge in [-0.1, -0.05) is 0 Å². The molecule has 0 radical (unpaired) electrons. The van der Waals surface area contributed by atoms with Crippen LogP contribution < -0.4 is 0 Å². The molecule has 1 aliphatic heterocycles. The van der Waals surface area contributed by atoms with Crippen molar-refractivity contribution in [3.63, 3.8) is 0 Å². The first-order valence-corrected chi connectivity index (χ1v) is 4.03. The van der Waals surface area contributed by atoms with Gasteiger partial charge in [0.25, 0.3) is 0 Å². The van der Waals surface area contributed by atoms with Crippen LogP contribution in [0.4, 0.5) is 4.39 Å². The smallest absolute Gasteiger partial charge is 0.105 e. The summed E-state index contributed by atoms with van der Waals surface area (Å²) >= 11 is 0. The van der Waals surface area contributed by atoms with Gasteiger partial charge >= 0.3 is 0 Å². The highest BCUT2D eigenvalue weighted by Gasteiger charge is 2.55. The molecule has 4 atom stereocenters. The Hall–Kier alpha value is -0.110. The minimum Gasteiger partial charge on any atom is -0.298 e. The molecule has 1 unspecified atom stereocenters. The van der Waals surface area contributed by atoms with Crippen molar-refractivity contribution in [2.45, 2.75) is 25.4 Å². The Morgan fingerprint density at radius 1 is 1.50 bits per heavy atom. The Bertz CT molecular complexity index is 148. The number of hydrogen-bond donors (Lipinski definition) is 0. The second-order valence-electron chi connectivity index (χ2n) is 3.69. The summed E-state index contributed by atoms with van der Waals surface area (Å²) in [6.07, 6.45) is 1.28. The third-order valence-corrected chi connectivity index (χ3v) is 3.33. The average molecular weight is 143 g/mol. The van der Waals surface area contributed by atoms with E-state index in [1.165, 1.54) is 6.42 Å². The van der Waals surface area contributed by atoms with E-state index in [1.807, 2.05) is 7.05 Å². The molecule has 0 aromatic carbocycles. The quantitative estimate of drug-likeness (QED) is 0.534. The maximum absolute atomic E-state index is 12.4. The van der Waals surface area contributed by atoms with E-state index in [4.69, 9.17) is 0 Å². The Labute approximate surface area is 61.2 Å². The molecule has 2 heteroatoms. The molecule has 10 heavy (non-hydrogen) atoms. The van der Waals surface area contributed by atoms with Gasteiger partial charge in [-0.3, -0.25) is 4.90 Å². The zero-order valence-electron chi connectivity index (χ0n) is 6.55. The van der Waals surface area contributed by atoms with Crippen molar-refractivity contribution in [3.8, 4) is 0 Å². The number of likely N-dealkylation sites (tertiary alicyclic amines) is 1. The average Bonchev–Trinajstić information content (AvgIpc) is 2.63. The van der Waals surface area contributed by atoms with Gasteiger partial charge in [0.15, 0.2) is 0 Å². The van der Waals surface area contributed by atoms with E-state index in [2.05, 4.69) is 11.8 Å². The van der Waals surface area contributed by atoms with Crippen molar-refractivity contribution in [1.82, 2.24) is 4.90 Å². The Morgan fingerprint density at radius 2 is 2.20 bits per heavy atom. The Balaban J connectivity index is 2.09. The summed E-state index contributed by atoms with van der Waals surface area (Å²) in [4.78, 5) is 2.19. The normalized spacial score (nSPS) is 53.1. The maximum Gasteiger partial charge on any atom is 0.105 e. The van der Waals surface area contributed by atoms with Crippen molar-refractivity contribution < 1.29 is 4.39 Å². The lowest BCUT2D eigenvalue weighted by Crippen LogP contribution is -2.35. The summed E-state index contributed by atoms with van der Waals surface area (Å²) in [5.41, 5.74) is 0. The lowest BCUT2D eigenvalue weighted by molar-refractivity contribution is 0.180. The fourth-order valence-electron chi connectivity index (χ4n) is 2.36. The zero-order valence-corrected chi connectivity index (χ0v) is 6.55. The van der Waals surface area contributed by atoms with Gasteiger partial charge in [0.2, 0.25) is 0 Å². The molecule has 2 rings (SSSR count). The predicted octanol–water partition coefficient (Wildman–Crippen LogP) is 1.29. The minimum atomic E-state index is -0.151. The summed E-state index contributed by atoms with van der Waals surface area (Å²) in [5, 5.41) is 0. The molecule has 58 valence electrons. The monoisotopic (exact) mass is 143 g/mol. The first kappa shape index (κ1) is 6.59. The fraction of sp³-hybridized carbons (Fsp3) is 1.00. The van der Waals surface area contributed by atoms with E-state index in [1.54, 1.807) is 0 Å². The van der Waals surface area contributed by atoms with Gasteiger partial charge in [-0.05, 0) is 32.2 Å². The van der Waals surface area contributed by atoms with E-state index >= 15 is 0 Å². The van der Waals surface area contributed by atoms with E-state index in [0.29, 0.717) is 12.0 Å². The van der Waals surface area contributed by atoms with Crippen LogP contribution in [0, 0.1) is 11.8 Å². The molecule has 0 spiro atoms. The van der Waals surface area contributed by atoms with Gasteiger partial charge in [-0.25, -0.2) is 4.39 Å². The first-order valence-electron chi connectivity index (χ1n) is 4.03. The molecule has 1 nitrogen and oxygen atoms in total. The maximum atomic E-state index is 12.4. The summed E-state index contributed by atoms with van der Waals surface area (Å²) < 4.78 is 12.4. The summed E-state index contributed by atoms with van der Waals surface area (Å²) in [6.45, 7) is 2.06. The van der Waals surface area contributed by atoms with E-state index in [-0.39, 0.29) is 12.7 Å². The van der Waals surface area contributed by atoms with Crippen LogP contribution in [0.3, 0.4) is 0 Å². The number of alkyl halides is 1. The molecular weight excluding hydrogens is 129 g/mol. The molecule has 2 aliphatic rings. The predicted molar refractivity (Wildman–Crippen MR) is 38.6 cm³/mol. The number of hydrogen-bond acceptors (Lipinski definition) is 1. The highest BCUT2D eigenvalue weighted by Crippen LogP contribution is 2.52. The number of nitrogens with zero attached hydrogens (tertiary/aromatic N) is 1. The van der Waals surface area contributed by atoms with Crippen LogP contribution in [0.25, 0.3) is 0 Å². The molecule has 0 aromatic rings. The topological polar surface area (TPSA) is 3.24 Å². The van der Waals surface area contributed by atoms with E-state index < -0.39 is 0 Å². The van der Waals surface area contributed by atoms with Crippen LogP contribution in [0.2, 0.25) is 0 Å². The molecule has 0 aromatic heterocycles. The fourth-order valence-corrected chi connectivity index (χ4v) is 2.36. The van der Waals surface area contributed by atoms with Crippen LogP contribution in [-0.2, 0) is 0 Å². The Morgan fingerprint density at radius 3 is 2.50 bits per heavy atom. The van der Waals surface area contributed by atoms with Gasteiger partial charge in [0.05, 0.1) is 0 Å². The molecule has 0 bridgehead atoms. The van der Waals surface area contributed by atoms with Gasteiger partial charge in [-0.2, -0.15) is 0 Å². The largest absolute Gasteiger partial charge is 0.298 e. The molecule has 0 amide bonds. The third-order valence-electron chi connectivity index (χ3n) is 3.33. The molecule has 0 N–H and O–H groups in total. The molecule has 1 saturated heterocycles. The van der Waals surface area contributed by atoms with Crippen molar-refractivity contribution in [1.29, 1.82) is 0 Å². The highest BCUT2D eigenvalue weighted by molar-refractivity contribution is 5.07. The van der Waals surface area contributed by atoms with Crippen molar-refractivity contribution >= 4 is 0 Å². The standard InChI is InChI=1S/C8H14FN/c1-5-6-3-7(6)8(4-9)10(5)2/h5-8H,3-4H2,1-2H3/t5?,6-,7-,8-/m0/s1. The number of piperidine rings is 1. The lowest BCUT2D eigenvalue weighted by Gasteiger charge is -2.24. The van der Waals surface area contributed by atoms with E-state index in [0.717, 1.165) is 5.92 Å². The lowest BCUT2D eigenvalue weighted by atomic mass is 10.2. The van der Waals surface area contributed by atoms with Gasteiger partial charge in [0.1, 0.15) is 6.67 Å². The van der Waals surface area contributed by atoms with Crippen LogP contribution in [-0.4, -0.2) is 30.7 Å². The first-order chi connectivity index (χ1) is 4.75. The molecule has 1 heterocycles. The van der Waals surface area contributed by atoms with Crippen LogP contribution in [0.15, 0.2) is 0 Å². The third kappa shape index (κ3) is 0.656. The SMILES string of the molecule is CC1[C@@H]2C[C@@H]2[C@H](CF)N1C. The van der Waals surface area contributed by atoms with Crippen LogP contribution >= 0.6 is 0 Å². The summed E-state index contributed by atoms with van der Waals surface area (Å²) in [5.74, 6) is 1.52. The van der Waals surface area contributed by atoms with Crippen LogP contribution in [0.5, 0.6) is 0 Å². The zero-order chi connectivity index (χ0) is 7.30. The number of rotatable bonds is 1. The molecular formula is C8H14FN. The van der Waals surface area contributed by atoms with Crippen molar-refractivity contribution in [2.75, 3.05) is 13.7 Å².